The normalized spacial score (nSPS) is 11.4. The van der Waals surface area contributed by atoms with Crippen molar-refractivity contribution >= 4 is 44.5 Å². The predicted molar refractivity (Wildman–Crippen MR) is 117 cm³/mol. The summed E-state index contributed by atoms with van der Waals surface area (Å²) < 4.78 is 24.0. The molecule has 0 saturated carbocycles. The molecule has 0 bridgehead atoms. The Morgan fingerprint density at radius 2 is 1.93 bits per heavy atom. The number of carbonyl (C=O) groups excluding carboxylic acids is 1. The van der Waals surface area contributed by atoms with E-state index in [-0.39, 0.29) is 22.1 Å². The number of sulfone groups is 1. The first-order chi connectivity index (χ1) is 13.8. The number of aryl methyl sites for hydroxylation is 1. The van der Waals surface area contributed by atoms with Crippen LogP contribution in [0.3, 0.4) is 0 Å². The van der Waals surface area contributed by atoms with Crippen LogP contribution in [0.15, 0.2) is 57.6 Å². The molecule has 0 aliphatic carbocycles. The van der Waals surface area contributed by atoms with E-state index in [2.05, 4.69) is 10.3 Å². The Kier molecular flexibility index (Phi) is 6.61. The first-order valence-electron chi connectivity index (χ1n) is 8.79. The molecule has 9 heteroatoms. The summed E-state index contributed by atoms with van der Waals surface area (Å²) in [6, 6.07) is 10.9. The van der Waals surface area contributed by atoms with Gasteiger partial charge in [0.1, 0.15) is 5.75 Å². The molecule has 0 fully saturated rings. The number of benzene rings is 2. The largest absolute Gasteiger partial charge is 0.506 e. The number of hydrogen-bond acceptors (Lipinski definition) is 7. The van der Waals surface area contributed by atoms with E-state index in [1.54, 1.807) is 35.2 Å². The number of thiazole rings is 1. The molecule has 0 radical (unpaired) electrons. The maximum atomic E-state index is 12.5. The summed E-state index contributed by atoms with van der Waals surface area (Å²) in [5.74, 6) is 0.0601. The lowest BCUT2D eigenvalue weighted by molar-refractivity contribution is 0.102. The highest BCUT2D eigenvalue weighted by atomic mass is 32.2. The van der Waals surface area contributed by atoms with Crippen LogP contribution in [0.25, 0.3) is 0 Å². The number of nitrogens with zero attached hydrogens (tertiary/aromatic N) is 1. The molecular formula is C20H20N2O4S3. The number of thioether (sulfide) groups is 1. The van der Waals surface area contributed by atoms with Crippen LogP contribution in [0.4, 0.5) is 5.69 Å². The third-order valence-electron chi connectivity index (χ3n) is 4.13. The molecule has 1 amide bonds. The molecule has 1 heterocycles. The van der Waals surface area contributed by atoms with Gasteiger partial charge in [-0.05, 0) is 49.4 Å². The fourth-order valence-electron chi connectivity index (χ4n) is 2.50. The van der Waals surface area contributed by atoms with Crippen molar-refractivity contribution in [3.8, 4) is 5.75 Å². The van der Waals surface area contributed by atoms with Gasteiger partial charge < -0.3 is 10.4 Å². The van der Waals surface area contributed by atoms with Crippen LogP contribution >= 0.6 is 23.1 Å². The van der Waals surface area contributed by atoms with E-state index < -0.39 is 15.7 Å². The number of aromatic hydroxyl groups is 1. The topological polar surface area (TPSA) is 96.4 Å². The lowest BCUT2D eigenvalue weighted by atomic mass is 10.2. The van der Waals surface area contributed by atoms with Crippen LogP contribution in [0, 0.1) is 6.92 Å². The number of aromatic nitrogens is 1. The number of anilines is 1. The average molecular weight is 449 g/mol. The second-order valence-corrected chi connectivity index (χ2v) is 10.6. The monoisotopic (exact) mass is 448 g/mol. The zero-order valence-corrected chi connectivity index (χ0v) is 18.3. The molecule has 1 aromatic heterocycles. The van der Waals surface area contributed by atoms with Gasteiger partial charge in [0.2, 0.25) is 0 Å². The second kappa shape index (κ2) is 8.98. The van der Waals surface area contributed by atoms with Gasteiger partial charge in [0.15, 0.2) is 9.84 Å². The van der Waals surface area contributed by atoms with Crippen molar-refractivity contribution in [3.63, 3.8) is 0 Å². The molecule has 29 heavy (non-hydrogen) atoms. The van der Waals surface area contributed by atoms with E-state index in [4.69, 9.17) is 0 Å². The van der Waals surface area contributed by atoms with Crippen LogP contribution in [-0.4, -0.2) is 30.2 Å². The zero-order chi connectivity index (χ0) is 21.0. The highest BCUT2D eigenvalue weighted by Crippen LogP contribution is 2.28. The van der Waals surface area contributed by atoms with E-state index in [0.717, 1.165) is 21.3 Å². The van der Waals surface area contributed by atoms with Crippen LogP contribution in [0.5, 0.6) is 5.75 Å². The van der Waals surface area contributed by atoms with Crippen molar-refractivity contribution < 1.29 is 18.3 Å². The standard InChI is InChI=1S/C20H20N2O4S3/c1-3-29(25,26)17-8-9-19(23)18(10-17)22-20(24)14-4-6-16(7-5-14)28-12-15-11-27-13(2)21-15/h4-11,23H,3,12H2,1-2H3,(H,22,24). The molecule has 0 saturated heterocycles. The number of rotatable bonds is 7. The van der Waals surface area contributed by atoms with Crippen LogP contribution in [-0.2, 0) is 15.6 Å². The van der Waals surface area contributed by atoms with Gasteiger partial charge >= 0.3 is 0 Å². The molecule has 152 valence electrons. The quantitative estimate of drug-likeness (QED) is 0.408. The van der Waals surface area contributed by atoms with Crippen molar-refractivity contribution in [1.29, 1.82) is 0 Å². The summed E-state index contributed by atoms with van der Waals surface area (Å²) in [6.07, 6.45) is 0. The highest BCUT2D eigenvalue weighted by Gasteiger charge is 2.16. The number of hydrogen-bond donors (Lipinski definition) is 2. The molecule has 2 N–H and O–H groups in total. The van der Waals surface area contributed by atoms with Crippen molar-refractivity contribution in [1.82, 2.24) is 4.98 Å². The van der Waals surface area contributed by atoms with Crippen LogP contribution in [0.1, 0.15) is 28.0 Å². The van der Waals surface area contributed by atoms with Crippen molar-refractivity contribution in [2.24, 2.45) is 0 Å². The maximum absolute atomic E-state index is 12.5. The minimum Gasteiger partial charge on any atom is -0.506 e. The van der Waals surface area contributed by atoms with Crippen molar-refractivity contribution in [2.75, 3.05) is 11.1 Å². The van der Waals surface area contributed by atoms with Gasteiger partial charge in [0.05, 0.1) is 27.0 Å². The number of phenolic OH excluding ortho intramolecular Hbond substituents is 1. The molecule has 3 rings (SSSR count). The van der Waals surface area contributed by atoms with Crippen molar-refractivity contribution in [3.05, 3.63) is 64.1 Å². The number of nitrogens with one attached hydrogen (secondary N) is 1. The third-order valence-corrected chi connectivity index (χ3v) is 7.73. The molecule has 6 nitrogen and oxygen atoms in total. The summed E-state index contributed by atoms with van der Waals surface area (Å²) in [7, 11) is -3.44. The molecule has 0 unspecified atom stereocenters. The van der Waals surface area contributed by atoms with Gasteiger partial charge in [-0.3, -0.25) is 4.79 Å². The van der Waals surface area contributed by atoms with Gasteiger partial charge in [0.25, 0.3) is 5.91 Å². The zero-order valence-electron chi connectivity index (χ0n) is 15.9. The van der Waals surface area contributed by atoms with Gasteiger partial charge in [0, 0.05) is 21.6 Å². The summed E-state index contributed by atoms with van der Waals surface area (Å²) in [5.41, 5.74) is 1.49. The van der Waals surface area contributed by atoms with E-state index in [0.29, 0.717) is 5.56 Å². The minimum atomic E-state index is -3.44. The second-order valence-electron chi connectivity index (χ2n) is 6.21. The van der Waals surface area contributed by atoms with E-state index >= 15 is 0 Å². The molecular weight excluding hydrogens is 428 g/mol. The van der Waals surface area contributed by atoms with E-state index in [9.17, 15) is 18.3 Å². The first-order valence-corrected chi connectivity index (χ1v) is 12.3. The average Bonchev–Trinajstić information content (AvgIpc) is 3.13. The van der Waals surface area contributed by atoms with Crippen molar-refractivity contribution in [2.45, 2.75) is 29.4 Å². The summed E-state index contributed by atoms with van der Waals surface area (Å²) in [4.78, 5) is 18.0. The van der Waals surface area contributed by atoms with Gasteiger partial charge in [-0.25, -0.2) is 13.4 Å². The first kappa shape index (κ1) is 21.4. The fraction of sp³-hybridized carbons (Fsp3) is 0.200. The predicted octanol–water partition coefficient (Wildman–Crippen LogP) is 4.50. The fourth-order valence-corrected chi connectivity index (χ4v) is 4.92. The smallest absolute Gasteiger partial charge is 0.255 e. The van der Waals surface area contributed by atoms with Gasteiger partial charge in [-0.2, -0.15) is 0 Å². The Labute approximate surface area is 177 Å². The lowest BCUT2D eigenvalue weighted by Crippen LogP contribution is -2.13. The number of phenols is 1. The van der Waals surface area contributed by atoms with Crippen LogP contribution < -0.4 is 5.32 Å². The molecule has 3 aromatic rings. The SMILES string of the molecule is CCS(=O)(=O)c1ccc(O)c(NC(=O)c2ccc(SCc3csc(C)n3)cc2)c1. The summed E-state index contributed by atoms with van der Waals surface area (Å²) in [5, 5.41) is 15.6. The van der Waals surface area contributed by atoms with Gasteiger partial charge in [-0.1, -0.05) is 6.92 Å². The summed E-state index contributed by atoms with van der Waals surface area (Å²) in [6.45, 7) is 3.51. The Hall–Kier alpha value is -2.36. The van der Waals surface area contributed by atoms with E-state index in [1.807, 2.05) is 24.4 Å². The Bertz CT molecular complexity index is 1120. The number of amides is 1. The summed E-state index contributed by atoms with van der Waals surface area (Å²) >= 11 is 3.24. The maximum Gasteiger partial charge on any atom is 0.255 e. The van der Waals surface area contributed by atoms with Gasteiger partial charge in [-0.15, -0.1) is 23.1 Å². The Balaban J connectivity index is 1.68. The number of carbonyl (C=O) groups is 1. The molecule has 0 aliphatic heterocycles. The molecule has 0 atom stereocenters. The minimum absolute atomic E-state index is 0.0529. The molecule has 2 aromatic carbocycles. The van der Waals surface area contributed by atoms with E-state index in [1.165, 1.54) is 25.1 Å². The molecule has 0 aliphatic rings. The third kappa shape index (κ3) is 5.37. The highest BCUT2D eigenvalue weighted by molar-refractivity contribution is 7.98. The lowest BCUT2D eigenvalue weighted by Gasteiger charge is -2.10. The Morgan fingerprint density at radius 1 is 1.21 bits per heavy atom. The Morgan fingerprint density at radius 3 is 2.55 bits per heavy atom. The van der Waals surface area contributed by atoms with Crippen LogP contribution in [0.2, 0.25) is 0 Å². The molecule has 0 spiro atoms.